The maximum Gasteiger partial charge on any atom is 0.490 e. The molecule has 0 atom stereocenters. The Balaban J connectivity index is 0.000000516. The van der Waals surface area contributed by atoms with Crippen LogP contribution < -0.4 is 5.73 Å². The maximum absolute atomic E-state index is 13.5. The van der Waals surface area contributed by atoms with Crippen LogP contribution in [0.25, 0.3) is 10.9 Å². The zero-order valence-electron chi connectivity index (χ0n) is 16.2. The molecular formula is C18H24F4N4O3. The SMILES string of the molecule is CCCN(CCC)CCn1cc2cc(F)cc(C(N)=O)c2n1.O=C(O)C(F)(F)F. The Labute approximate surface area is 165 Å². The van der Waals surface area contributed by atoms with Crippen LogP contribution in [0.4, 0.5) is 17.6 Å². The van der Waals surface area contributed by atoms with E-state index in [0.717, 1.165) is 38.5 Å². The van der Waals surface area contributed by atoms with Crippen LogP contribution in [0.3, 0.4) is 0 Å². The van der Waals surface area contributed by atoms with E-state index in [1.54, 1.807) is 10.9 Å². The van der Waals surface area contributed by atoms with Crippen LogP contribution >= 0.6 is 0 Å². The summed E-state index contributed by atoms with van der Waals surface area (Å²) in [5.74, 6) is -3.89. The Hall–Kier alpha value is -2.69. The molecule has 162 valence electrons. The molecule has 0 bridgehead atoms. The molecule has 1 aromatic carbocycles. The summed E-state index contributed by atoms with van der Waals surface area (Å²) in [6.45, 7) is 8.00. The second-order valence-corrected chi connectivity index (χ2v) is 6.29. The van der Waals surface area contributed by atoms with Gasteiger partial charge in [-0.2, -0.15) is 18.3 Å². The monoisotopic (exact) mass is 420 g/mol. The van der Waals surface area contributed by atoms with Gasteiger partial charge in [0.15, 0.2) is 0 Å². The molecule has 29 heavy (non-hydrogen) atoms. The van der Waals surface area contributed by atoms with Crippen LogP contribution in [-0.2, 0) is 11.3 Å². The van der Waals surface area contributed by atoms with E-state index in [4.69, 9.17) is 15.6 Å². The van der Waals surface area contributed by atoms with Crippen LogP contribution in [0.1, 0.15) is 37.0 Å². The molecule has 1 heterocycles. The first kappa shape index (κ1) is 24.3. The summed E-state index contributed by atoms with van der Waals surface area (Å²) < 4.78 is 47.0. The topological polar surface area (TPSA) is 101 Å². The number of primary amides is 1. The first-order chi connectivity index (χ1) is 13.5. The van der Waals surface area contributed by atoms with E-state index >= 15 is 0 Å². The number of hydrogen-bond acceptors (Lipinski definition) is 4. The fourth-order valence-corrected chi connectivity index (χ4v) is 2.66. The van der Waals surface area contributed by atoms with Crippen LogP contribution in [0, 0.1) is 5.82 Å². The summed E-state index contributed by atoms with van der Waals surface area (Å²) in [5, 5.41) is 12.1. The number of halogens is 4. The standard InChI is InChI=1S/C16H23FN4O.C2HF3O2/c1-3-5-20(6-4-2)7-8-21-11-12-9-13(17)10-14(16(18)22)15(12)19-21;3-2(4,5)1(6)7/h9-11H,3-8H2,1-2H3,(H2,18,22);(H,6,7). The molecule has 3 N–H and O–H groups in total. The Morgan fingerprint density at radius 3 is 2.17 bits per heavy atom. The van der Waals surface area contributed by atoms with Gasteiger partial charge in [0.1, 0.15) is 11.3 Å². The average molecular weight is 420 g/mol. The fraction of sp³-hybridized carbons (Fsp3) is 0.500. The highest BCUT2D eigenvalue weighted by molar-refractivity contribution is 6.04. The Kier molecular flexibility index (Phi) is 9.02. The summed E-state index contributed by atoms with van der Waals surface area (Å²) in [5.41, 5.74) is 5.89. The Bertz CT molecular complexity index is 830. The third-order valence-electron chi connectivity index (χ3n) is 3.85. The van der Waals surface area contributed by atoms with Crippen LogP contribution in [0.15, 0.2) is 18.3 Å². The van der Waals surface area contributed by atoms with Crippen molar-refractivity contribution in [2.24, 2.45) is 5.73 Å². The lowest BCUT2D eigenvalue weighted by Crippen LogP contribution is -2.29. The first-order valence-corrected chi connectivity index (χ1v) is 8.98. The molecule has 0 radical (unpaired) electrons. The second kappa shape index (κ2) is 10.7. The molecule has 0 saturated heterocycles. The molecule has 0 aliphatic rings. The molecule has 0 aliphatic heterocycles. The highest BCUT2D eigenvalue weighted by Gasteiger charge is 2.38. The van der Waals surface area contributed by atoms with Crippen molar-refractivity contribution in [3.63, 3.8) is 0 Å². The minimum atomic E-state index is -5.08. The van der Waals surface area contributed by atoms with Crippen molar-refractivity contribution in [1.82, 2.24) is 14.7 Å². The summed E-state index contributed by atoms with van der Waals surface area (Å²) in [6, 6.07) is 2.52. The van der Waals surface area contributed by atoms with Gasteiger partial charge in [0.25, 0.3) is 5.91 Å². The van der Waals surface area contributed by atoms with Crippen molar-refractivity contribution in [2.75, 3.05) is 19.6 Å². The number of fused-ring (bicyclic) bond motifs is 1. The van der Waals surface area contributed by atoms with Gasteiger partial charge in [0, 0.05) is 18.1 Å². The number of nitrogens with two attached hydrogens (primary N) is 1. The number of rotatable bonds is 8. The van der Waals surface area contributed by atoms with E-state index in [9.17, 15) is 22.4 Å². The molecule has 2 aromatic rings. The maximum atomic E-state index is 13.5. The zero-order valence-corrected chi connectivity index (χ0v) is 16.2. The van der Waals surface area contributed by atoms with E-state index < -0.39 is 23.9 Å². The van der Waals surface area contributed by atoms with Gasteiger partial charge in [-0.25, -0.2) is 9.18 Å². The predicted octanol–water partition coefficient (Wildman–Crippen LogP) is 3.03. The van der Waals surface area contributed by atoms with Crippen molar-refractivity contribution in [1.29, 1.82) is 0 Å². The van der Waals surface area contributed by atoms with Gasteiger partial charge in [-0.05, 0) is 38.1 Å². The number of hydrogen-bond donors (Lipinski definition) is 2. The van der Waals surface area contributed by atoms with E-state index in [1.165, 1.54) is 6.07 Å². The van der Waals surface area contributed by atoms with Gasteiger partial charge in [-0.1, -0.05) is 13.8 Å². The van der Waals surface area contributed by atoms with Gasteiger partial charge in [0.05, 0.1) is 12.1 Å². The van der Waals surface area contributed by atoms with Gasteiger partial charge in [-0.3, -0.25) is 9.48 Å². The number of benzene rings is 1. The third-order valence-corrected chi connectivity index (χ3v) is 3.85. The lowest BCUT2D eigenvalue weighted by atomic mass is 10.1. The molecule has 0 spiro atoms. The van der Waals surface area contributed by atoms with Crippen molar-refractivity contribution in [2.45, 2.75) is 39.4 Å². The number of alkyl halides is 3. The van der Waals surface area contributed by atoms with Gasteiger partial charge in [0.2, 0.25) is 0 Å². The summed E-state index contributed by atoms with van der Waals surface area (Å²) >= 11 is 0. The number of carbonyl (C=O) groups excluding carboxylic acids is 1. The minimum Gasteiger partial charge on any atom is -0.475 e. The molecule has 11 heteroatoms. The normalized spacial score (nSPS) is 11.4. The highest BCUT2D eigenvalue weighted by atomic mass is 19.4. The number of nitrogens with zero attached hydrogens (tertiary/aromatic N) is 3. The molecule has 1 aromatic heterocycles. The van der Waals surface area contributed by atoms with E-state index in [1.807, 2.05) is 0 Å². The van der Waals surface area contributed by atoms with Gasteiger partial charge in [-0.15, -0.1) is 0 Å². The van der Waals surface area contributed by atoms with Crippen LogP contribution in [0.5, 0.6) is 0 Å². The smallest absolute Gasteiger partial charge is 0.475 e. The number of aromatic nitrogens is 2. The number of carboxylic acid groups (broad SMARTS) is 1. The van der Waals surface area contributed by atoms with Gasteiger partial charge < -0.3 is 15.7 Å². The van der Waals surface area contributed by atoms with Crippen LogP contribution in [-0.4, -0.2) is 57.5 Å². The largest absolute Gasteiger partial charge is 0.490 e. The summed E-state index contributed by atoms with van der Waals surface area (Å²) in [4.78, 5) is 22.7. The molecule has 0 aliphatic carbocycles. The molecule has 0 fully saturated rings. The van der Waals surface area contributed by atoms with Crippen molar-refractivity contribution in [3.05, 3.63) is 29.7 Å². The second-order valence-electron chi connectivity index (χ2n) is 6.29. The third kappa shape index (κ3) is 7.68. The Morgan fingerprint density at radius 1 is 1.17 bits per heavy atom. The molecule has 7 nitrogen and oxygen atoms in total. The van der Waals surface area contributed by atoms with Crippen LogP contribution in [0.2, 0.25) is 0 Å². The average Bonchev–Trinajstić information content (AvgIpc) is 3.01. The number of carboxylic acids is 1. The van der Waals surface area contributed by atoms with Crippen molar-refractivity contribution in [3.8, 4) is 0 Å². The molecular weight excluding hydrogens is 396 g/mol. The molecule has 1 amide bonds. The van der Waals surface area contributed by atoms with Crippen molar-refractivity contribution >= 4 is 22.8 Å². The molecule has 2 rings (SSSR count). The van der Waals surface area contributed by atoms with Gasteiger partial charge >= 0.3 is 12.1 Å². The van der Waals surface area contributed by atoms with E-state index in [-0.39, 0.29) is 5.56 Å². The number of amides is 1. The fourth-order valence-electron chi connectivity index (χ4n) is 2.66. The lowest BCUT2D eigenvalue weighted by molar-refractivity contribution is -0.192. The zero-order chi connectivity index (χ0) is 22.2. The minimum absolute atomic E-state index is 0.132. The number of aliphatic carboxylic acids is 1. The first-order valence-electron chi connectivity index (χ1n) is 8.98. The van der Waals surface area contributed by atoms with E-state index in [2.05, 4.69) is 23.8 Å². The Morgan fingerprint density at radius 2 is 1.72 bits per heavy atom. The molecule has 0 saturated carbocycles. The predicted molar refractivity (Wildman–Crippen MR) is 98.9 cm³/mol. The summed E-state index contributed by atoms with van der Waals surface area (Å²) in [6.07, 6.45) is -1.10. The summed E-state index contributed by atoms with van der Waals surface area (Å²) in [7, 11) is 0. The number of carbonyl (C=O) groups is 2. The quantitative estimate of drug-likeness (QED) is 0.640. The molecule has 0 unspecified atom stereocenters. The highest BCUT2D eigenvalue weighted by Crippen LogP contribution is 2.19. The van der Waals surface area contributed by atoms with Crippen molar-refractivity contribution < 1.29 is 32.3 Å². The lowest BCUT2D eigenvalue weighted by Gasteiger charge is -2.20. The van der Waals surface area contributed by atoms with E-state index in [0.29, 0.717) is 17.4 Å².